The largest absolute Gasteiger partial charge is 0.459 e. The molecule has 2 N–H and O–H groups in total. The van der Waals surface area contributed by atoms with Crippen molar-refractivity contribution in [1.82, 2.24) is 15.5 Å². The number of hydrogen-bond acceptors (Lipinski definition) is 4. The monoisotopic (exact) mass is 349 g/mol. The van der Waals surface area contributed by atoms with E-state index in [4.69, 9.17) is 4.42 Å². The average molecular weight is 349 g/mol. The molecule has 0 radical (unpaired) electrons. The molecule has 0 bridgehead atoms. The van der Waals surface area contributed by atoms with Crippen LogP contribution in [0, 0.1) is 11.8 Å². The van der Waals surface area contributed by atoms with Gasteiger partial charge in [-0.05, 0) is 57.2 Å². The highest BCUT2D eigenvalue weighted by molar-refractivity contribution is 5.95. The number of nitrogens with one attached hydrogen (secondary N) is 2. The third kappa shape index (κ3) is 5.59. The predicted molar refractivity (Wildman–Crippen MR) is 97.2 cm³/mol. The topological polar surface area (TPSA) is 74.6 Å². The lowest BCUT2D eigenvalue weighted by molar-refractivity contribution is -0.124. The summed E-state index contributed by atoms with van der Waals surface area (Å²) in [5.74, 6) is 0.198. The maximum atomic E-state index is 12.6. The maximum Gasteiger partial charge on any atom is 0.287 e. The van der Waals surface area contributed by atoms with Gasteiger partial charge < -0.3 is 20.0 Å². The van der Waals surface area contributed by atoms with Gasteiger partial charge in [-0.15, -0.1) is 0 Å². The van der Waals surface area contributed by atoms with E-state index >= 15 is 0 Å². The van der Waals surface area contributed by atoms with Gasteiger partial charge in [0, 0.05) is 19.1 Å². The number of carbonyl (C=O) groups excluding carboxylic acids is 2. The van der Waals surface area contributed by atoms with Crippen LogP contribution >= 0.6 is 0 Å². The fraction of sp³-hybridized carbons (Fsp3) is 0.684. The molecule has 0 saturated carbocycles. The highest BCUT2D eigenvalue weighted by atomic mass is 16.3. The lowest BCUT2D eigenvalue weighted by Crippen LogP contribution is -2.51. The molecule has 2 atom stereocenters. The first-order chi connectivity index (χ1) is 11.9. The molecular formula is C19H31N3O3. The quantitative estimate of drug-likeness (QED) is 0.792. The van der Waals surface area contributed by atoms with Crippen LogP contribution in [0.15, 0.2) is 22.8 Å². The molecule has 0 spiro atoms. The molecule has 1 saturated heterocycles. The van der Waals surface area contributed by atoms with Crippen molar-refractivity contribution < 1.29 is 14.0 Å². The summed E-state index contributed by atoms with van der Waals surface area (Å²) < 4.78 is 5.10. The van der Waals surface area contributed by atoms with E-state index in [-0.39, 0.29) is 23.5 Å². The second kappa shape index (κ2) is 9.04. The lowest BCUT2D eigenvalue weighted by Gasteiger charge is -2.35. The highest BCUT2D eigenvalue weighted by Crippen LogP contribution is 2.18. The Bertz CT molecular complexity index is 554. The molecule has 6 heteroatoms. The SMILES string of the molecule is CC(C)[C@H](NC(=O)c1ccco1)C(=O)NC[C@@H]1CCCN(C(C)C)C1. The minimum atomic E-state index is -0.567. The van der Waals surface area contributed by atoms with Crippen LogP contribution < -0.4 is 10.6 Å². The van der Waals surface area contributed by atoms with Crippen molar-refractivity contribution in [3.63, 3.8) is 0 Å². The Balaban J connectivity index is 1.86. The van der Waals surface area contributed by atoms with Crippen LogP contribution in [0.3, 0.4) is 0 Å². The Morgan fingerprint density at radius 2 is 2.08 bits per heavy atom. The van der Waals surface area contributed by atoms with Crippen LogP contribution in [0.2, 0.25) is 0 Å². The molecule has 0 unspecified atom stereocenters. The molecule has 1 aliphatic rings. The number of carbonyl (C=O) groups is 2. The van der Waals surface area contributed by atoms with E-state index in [2.05, 4.69) is 29.4 Å². The molecule has 0 aromatic carbocycles. The zero-order valence-electron chi connectivity index (χ0n) is 15.7. The second-order valence-electron chi connectivity index (χ2n) is 7.51. The molecule has 25 heavy (non-hydrogen) atoms. The number of likely N-dealkylation sites (tertiary alicyclic amines) is 1. The third-order valence-electron chi connectivity index (χ3n) is 4.83. The van der Waals surface area contributed by atoms with E-state index < -0.39 is 6.04 Å². The number of furan rings is 1. The van der Waals surface area contributed by atoms with Crippen molar-refractivity contribution in [3.8, 4) is 0 Å². The molecular weight excluding hydrogens is 318 g/mol. The van der Waals surface area contributed by atoms with Crippen LogP contribution in [0.5, 0.6) is 0 Å². The van der Waals surface area contributed by atoms with Gasteiger partial charge in [-0.2, -0.15) is 0 Å². The van der Waals surface area contributed by atoms with Gasteiger partial charge in [0.15, 0.2) is 5.76 Å². The summed E-state index contributed by atoms with van der Waals surface area (Å²) in [5, 5.41) is 5.81. The van der Waals surface area contributed by atoms with Crippen molar-refractivity contribution >= 4 is 11.8 Å². The van der Waals surface area contributed by atoms with Crippen LogP contribution in [0.25, 0.3) is 0 Å². The van der Waals surface area contributed by atoms with Crippen molar-refractivity contribution in [2.45, 2.75) is 52.6 Å². The van der Waals surface area contributed by atoms with Crippen LogP contribution in [-0.4, -0.2) is 48.4 Å². The summed E-state index contributed by atoms with van der Waals surface area (Å²) in [6.07, 6.45) is 3.75. The molecule has 2 heterocycles. The minimum Gasteiger partial charge on any atom is -0.459 e. The summed E-state index contributed by atoms with van der Waals surface area (Å²) >= 11 is 0. The van der Waals surface area contributed by atoms with E-state index in [0.717, 1.165) is 19.5 Å². The number of nitrogens with zero attached hydrogens (tertiary/aromatic N) is 1. The fourth-order valence-corrected chi connectivity index (χ4v) is 3.24. The summed E-state index contributed by atoms with van der Waals surface area (Å²) in [7, 11) is 0. The van der Waals surface area contributed by atoms with Gasteiger partial charge in [-0.1, -0.05) is 13.8 Å². The molecule has 2 amide bonds. The van der Waals surface area contributed by atoms with E-state index in [0.29, 0.717) is 18.5 Å². The van der Waals surface area contributed by atoms with Gasteiger partial charge in [-0.3, -0.25) is 9.59 Å². The molecule has 1 aromatic heterocycles. The van der Waals surface area contributed by atoms with Crippen molar-refractivity contribution in [2.24, 2.45) is 11.8 Å². The summed E-state index contributed by atoms with van der Waals surface area (Å²) in [5.41, 5.74) is 0. The average Bonchev–Trinajstić information content (AvgIpc) is 3.12. The van der Waals surface area contributed by atoms with Crippen molar-refractivity contribution in [3.05, 3.63) is 24.2 Å². The summed E-state index contributed by atoms with van der Waals surface area (Å²) in [6, 6.07) is 3.22. The number of rotatable bonds is 7. The Morgan fingerprint density at radius 3 is 2.68 bits per heavy atom. The fourth-order valence-electron chi connectivity index (χ4n) is 3.24. The molecule has 2 rings (SSSR count). The minimum absolute atomic E-state index is 0.00238. The Labute approximate surface area is 150 Å². The molecule has 140 valence electrons. The van der Waals surface area contributed by atoms with Crippen LogP contribution in [-0.2, 0) is 4.79 Å². The third-order valence-corrected chi connectivity index (χ3v) is 4.83. The van der Waals surface area contributed by atoms with Gasteiger partial charge in [0.1, 0.15) is 6.04 Å². The number of hydrogen-bond donors (Lipinski definition) is 2. The van der Waals surface area contributed by atoms with E-state index in [9.17, 15) is 9.59 Å². The smallest absolute Gasteiger partial charge is 0.287 e. The molecule has 0 aliphatic carbocycles. The Hall–Kier alpha value is -1.82. The lowest BCUT2D eigenvalue weighted by atomic mass is 9.96. The summed E-state index contributed by atoms with van der Waals surface area (Å²) in [6.45, 7) is 11.1. The van der Waals surface area contributed by atoms with Crippen molar-refractivity contribution in [1.29, 1.82) is 0 Å². The Kier molecular flexibility index (Phi) is 7.05. The van der Waals surface area contributed by atoms with Gasteiger partial charge in [0.2, 0.25) is 5.91 Å². The van der Waals surface area contributed by atoms with E-state index in [1.54, 1.807) is 12.1 Å². The van der Waals surface area contributed by atoms with Gasteiger partial charge >= 0.3 is 0 Å². The van der Waals surface area contributed by atoms with Crippen molar-refractivity contribution in [2.75, 3.05) is 19.6 Å². The van der Waals surface area contributed by atoms with Crippen LogP contribution in [0.4, 0.5) is 0 Å². The first-order valence-electron chi connectivity index (χ1n) is 9.24. The molecule has 1 fully saturated rings. The van der Waals surface area contributed by atoms with Gasteiger partial charge in [0.25, 0.3) is 5.91 Å². The molecule has 1 aromatic rings. The number of piperidine rings is 1. The maximum absolute atomic E-state index is 12.6. The van der Waals surface area contributed by atoms with Crippen LogP contribution in [0.1, 0.15) is 51.1 Å². The highest BCUT2D eigenvalue weighted by Gasteiger charge is 2.27. The first-order valence-corrected chi connectivity index (χ1v) is 9.24. The summed E-state index contributed by atoms with van der Waals surface area (Å²) in [4.78, 5) is 27.2. The van der Waals surface area contributed by atoms with Gasteiger partial charge in [-0.25, -0.2) is 0 Å². The first kappa shape index (κ1) is 19.5. The zero-order chi connectivity index (χ0) is 18.4. The standard InChI is InChI=1S/C19H31N3O3/c1-13(2)17(21-18(23)16-8-6-10-25-16)19(24)20-11-15-7-5-9-22(12-15)14(3)4/h6,8,10,13-15,17H,5,7,9,11-12H2,1-4H3,(H,20,24)(H,21,23)/t15-,17-/m0/s1. The zero-order valence-corrected chi connectivity index (χ0v) is 15.7. The van der Waals surface area contributed by atoms with E-state index in [1.807, 2.05) is 13.8 Å². The van der Waals surface area contributed by atoms with E-state index in [1.165, 1.54) is 12.7 Å². The predicted octanol–water partition coefficient (Wildman–Crippen LogP) is 2.27. The van der Waals surface area contributed by atoms with Gasteiger partial charge in [0.05, 0.1) is 6.26 Å². The molecule has 1 aliphatic heterocycles. The number of amides is 2. The second-order valence-corrected chi connectivity index (χ2v) is 7.51. The normalized spacial score (nSPS) is 19.8. The molecule has 6 nitrogen and oxygen atoms in total. The Morgan fingerprint density at radius 1 is 1.32 bits per heavy atom.